The Labute approximate surface area is 143 Å². The van der Waals surface area contributed by atoms with Gasteiger partial charge in [0.25, 0.3) is 5.56 Å². The number of H-pyrrole nitrogens is 1. The zero-order valence-electron chi connectivity index (χ0n) is 12.6. The van der Waals surface area contributed by atoms with Gasteiger partial charge in [-0.3, -0.25) is 9.69 Å². The van der Waals surface area contributed by atoms with Gasteiger partial charge in [-0.05, 0) is 18.6 Å². The summed E-state index contributed by atoms with van der Waals surface area (Å²) in [7, 11) is 0. The molecule has 10 heteroatoms. The number of aromatic nitrogens is 2. The van der Waals surface area contributed by atoms with Crippen molar-refractivity contribution in [1.82, 2.24) is 14.9 Å². The summed E-state index contributed by atoms with van der Waals surface area (Å²) < 4.78 is 51.8. The summed E-state index contributed by atoms with van der Waals surface area (Å²) in [5, 5.41) is 9.75. The number of phenolic OH excluding ortho intramolecular Hbond substituents is 1. The number of nitrogens with one attached hydrogen (secondary N) is 1. The number of fused-ring (bicyclic) bond motifs is 1. The van der Waals surface area contributed by atoms with Crippen molar-refractivity contribution in [2.24, 2.45) is 0 Å². The molecular formula is C15H12ClF4N3O2. The second kappa shape index (κ2) is 6.30. The highest BCUT2D eigenvalue weighted by atomic mass is 35.5. The van der Waals surface area contributed by atoms with Crippen LogP contribution in [0.2, 0.25) is 5.02 Å². The van der Waals surface area contributed by atoms with Crippen LogP contribution in [0.3, 0.4) is 0 Å². The van der Waals surface area contributed by atoms with E-state index in [1.165, 1.54) is 0 Å². The predicted molar refractivity (Wildman–Crippen MR) is 80.8 cm³/mol. The average molecular weight is 378 g/mol. The number of aromatic hydroxyl groups is 1. The van der Waals surface area contributed by atoms with Gasteiger partial charge in [0.05, 0.1) is 10.7 Å². The van der Waals surface area contributed by atoms with Crippen LogP contribution >= 0.6 is 11.6 Å². The standard InChI is InChI=1S/C15H12ClF4N3O2/c16-10-4-8(17)3-7(12(10)24)5-23-2-1-9-11(6-23)21-14(15(18,19)20)22-13(9)25/h3-4,24H,1-2,5-6H2,(H,21,22,25). The molecule has 2 N–H and O–H groups in total. The van der Waals surface area contributed by atoms with Crippen LogP contribution < -0.4 is 5.56 Å². The van der Waals surface area contributed by atoms with Crippen LogP contribution in [0.5, 0.6) is 5.75 Å². The average Bonchev–Trinajstić information content (AvgIpc) is 2.51. The Kier molecular flexibility index (Phi) is 4.46. The van der Waals surface area contributed by atoms with E-state index in [0.29, 0.717) is 6.54 Å². The van der Waals surface area contributed by atoms with Gasteiger partial charge in [0.2, 0.25) is 5.82 Å². The predicted octanol–water partition coefficient (Wildman–Crippen LogP) is 2.85. The number of aromatic amines is 1. The van der Waals surface area contributed by atoms with E-state index in [1.54, 1.807) is 9.88 Å². The molecule has 3 rings (SSSR count). The van der Waals surface area contributed by atoms with E-state index in [0.717, 1.165) is 12.1 Å². The van der Waals surface area contributed by atoms with E-state index in [1.807, 2.05) is 0 Å². The van der Waals surface area contributed by atoms with E-state index in [-0.39, 0.29) is 47.1 Å². The Morgan fingerprint density at radius 3 is 2.76 bits per heavy atom. The molecule has 1 aliphatic heterocycles. The maximum atomic E-state index is 13.4. The van der Waals surface area contributed by atoms with Crippen molar-refractivity contribution in [3.8, 4) is 5.75 Å². The van der Waals surface area contributed by atoms with E-state index in [2.05, 4.69) is 4.98 Å². The first-order valence-corrected chi connectivity index (χ1v) is 7.61. The Hall–Kier alpha value is -2.13. The Bertz CT molecular complexity index is 882. The number of nitrogens with zero attached hydrogens (tertiary/aromatic N) is 2. The number of halogens is 5. The van der Waals surface area contributed by atoms with Crippen molar-refractivity contribution in [2.45, 2.75) is 25.7 Å². The lowest BCUT2D eigenvalue weighted by Crippen LogP contribution is -2.36. The van der Waals surface area contributed by atoms with E-state index < -0.39 is 23.4 Å². The van der Waals surface area contributed by atoms with E-state index in [4.69, 9.17) is 11.6 Å². The van der Waals surface area contributed by atoms with Crippen molar-refractivity contribution in [3.05, 3.63) is 56.0 Å². The molecule has 25 heavy (non-hydrogen) atoms. The third-order valence-electron chi connectivity index (χ3n) is 3.92. The molecule has 1 aromatic heterocycles. The van der Waals surface area contributed by atoms with Gasteiger partial charge in [0.15, 0.2) is 0 Å². The lowest BCUT2D eigenvalue weighted by molar-refractivity contribution is -0.145. The molecule has 0 aliphatic carbocycles. The molecule has 0 fully saturated rings. The number of alkyl halides is 3. The highest BCUT2D eigenvalue weighted by molar-refractivity contribution is 6.32. The van der Waals surface area contributed by atoms with Crippen molar-refractivity contribution in [2.75, 3.05) is 6.54 Å². The number of hydrogen-bond acceptors (Lipinski definition) is 4. The zero-order chi connectivity index (χ0) is 18.4. The summed E-state index contributed by atoms with van der Waals surface area (Å²) in [6.07, 6.45) is -4.57. The molecule has 0 bridgehead atoms. The summed E-state index contributed by atoms with van der Waals surface area (Å²) in [5.74, 6) is -2.28. The molecule has 0 saturated carbocycles. The SMILES string of the molecule is O=c1[nH]c(C(F)(F)F)nc2c1CCN(Cc1cc(F)cc(Cl)c1O)C2. The van der Waals surface area contributed by atoms with Gasteiger partial charge < -0.3 is 10.1 Å². The fourth-order valence-electron chi connectivity index (χ4n) is 2.74. The topological polar surface area (TPSA) is 69.2 Å². The van der Waals surface area contributed by atoms with Gasteiger partial charge in [-0.1, -0.05) is 11.6 Å². The maximum absolute atomic E-state index is 13.4. The van der Waals surface area contributed by atoms with E-state index >= 15 is 0 Å². The smallest absolute Gasteiger partial charge is 0.449 e. The van der Waals surface area contributed by atoms with Crippen LogP contribution in [0.25, 0.3) is 0 Å². The van der Waals surface area contributed by atoms with Gasteiger partial charge in [0, 0.05) is 30.8 Å². The summed E-state index contributed by atoms with van der Waals surface area (Å²) in [5.41, 5.74) is -0.391. The van der Waals surface area contributed by atoms with Crippen LogP contribution in [0.1, 0.15) is 22.6 Å². The fraction of sp³-hybridized carbons (Fsp3) is 0.333. The Morgan fingerprint density at radius 1 is 1.36 bits per heavy atom. The lowest BCUT2D eigenvalue weighted by atomic mass is 10.1. The highest BCUT2D eigenvalue weighted by Gasteiger charge is 2.36. The molecule has 134 valence electrons. The summed E-state index contributed by atoms with van der Waals surface area (Å²) in [6, 6.07) is 2.06. The summed E-state index contributed by atoms with van der Waals surface area (Å²) in [4.78, 5) is 18.7. The number of phenols is 1. The molecule has 0 spiro atoms. The minimum atomic E-state index is -4.76. The number of benzene rings is 1. The second-order valence-corrected chi connectivity index (χ2v) is 6.10. The highest BCUT2D eigenvalue weighted by Crippen LogP contribution is 2.31. The number of rotatable bonds is 2. The lowest BCUT2D eigenvalue weighted by Gasteiger charge is -2.28. The van der Waals surface area contributed by atoms with Crippen LogP contribution in [0, 0.1) is 5.82 Å². The van der Waals surface area contributed by atoms with Crippen molar-refractivity contribution in [3.63, 3.8) is 0 Å². The third kappa shape index (κ3) is 3.62. The molecule has 0 saturated heterocycles. The Balaban J connectivity index is 1.89. The van der Waals surface area contributed by atoms with Gasteiger partial charge in [-0.25, -0.2) is 9.37 Å². The van der Waals surface area contributed by atoms with Gasteiger partial charge >= 0.3 is 6.18 Å². The molecule has 2 heterocycles. The number of hydrogen-bond donors (Lipinski definition) is 2. The first-order chi connectivity index (χ1) is 11.6. The third-order valence-corrected chi connectivity index (χ3v) is 4.21. The normalized spacial score (nSPS) is 15.2. The van der Waals surface area contributed by atoms with Gasteiger partial charge in [-0.2, -0.15) is 13.2 Å². The van der Waals surface area contributed by atoms with Crippen LogP contribution in [-0.4, -0.2) is 26.5 Å². The quantitative estimate of drug-likeness (QED) is 0.790. The van der Waals surface area contributed by atoms with Gasteiger partial charge in [-0.15, -0.1) is 0 Å². The molecule has 1 aromatic carbocycles. The van der Waals surface area contributed by atoms with Gasteiger partial charge in [0.1, 0.15) is 11.6 Å². The minimum Gasteiger partial charge on any atom is -0.506 e. The first kappa shape index (κ1) is 17.7. The second-order valence-electron chi connectivity index (χ2n) is 5.69. The Morgan fingerprint density at radius 2 is 2.08 bits per heavy atom. The summed E-state index contributed by atoms with van der Waals surface area (Å²) in [6.45, 7) is 0.366. The molecular weight excluding hydrogens is 366 g/mol. The monoisotopic (exact) mass is 377 g/mol. The summed E-state index contributed by atoms with van der Waals surface area (Å²) >= 11 is 5.72. The first-order valence-electron chi connectivity index (χ1n) is 7.23. The maximum Gasteiger partial charge on any atom is 0.449 e. The van der Waals surface area contributed by atoms with Crippen LogP contribution in [0.4, 0.5) is 17.6 Å². The molecule has 0 unspecified atom stereocenters. The van der Waals surface area contributed by atoms with Crippen molar-refractivity contribution >= 4 is 11.6 Å². The molecule has 5 nitrogen and oxygen atoms in total. The molecule has 0 amide bonds. The minimum absolute atomic E-state index is 0.0179. The van der Waals surface area contributed by atoms with Crippen LogP contribution in [-0.2, 0) is 25.7 Å². The van der Waals surface area contributed by atoms with Crippen LogP contribution in [0.15, 0.2) is 16.9 Å². The zero-order valence-corrected chi connectivity index (χ0v) is 13.4. The van der Waals surface area contributed by atoms with Crippen molar-refractivity contribution in [1.29, 1.82) is 0 Å². The van der Waals surface area contributed by atoms with Crippen molar-refractivity contribution < 1.29 is 22.7 Å². The molecule has 1 aliphatic rings. The molecule has 2 aromatic rings. The molecule has 0 radical (unpaired) electrons. The fourth-order valence-corrected chi connectivity index (χ4v) is 2.97. The van der Waals surface area contributed by atoms with E-state index in [9.17, 15) is 27.5 Å². The molecule has 0 atom stereocenters. The largest absolute Gasteiger partial charge is 0.506 e.